The number of carbonyl (C=O) groups excluding carboxylic acids is 1. The van der Waals surface area contributed by atoms with Gasteiger partial charge in [-0.05, 0) is 50.7 Å². The number of fused-ring (bicyclic) bond motifs is 2. The molecule has 0 unspecified atom stereocenters. The van der Waals surface area contributed by atoms with Gasteiger partial charge in [0.15, 0.2) is 5.78 Å². The van der Waals surface area contributed by atoms with E-state index in [4.69, 9.17) is 0 Å². The molecule has 5 rings (SSSR count). The van der Waals surface area contributed by atoms with Gasteiger partial charge in [0.05, 0.1) is 5.92 Å². The molecule has 0 fully saturated rings. The molecule has 0 atom stereocenters. The van der Waals surface area contributed by atoms with E-state index in [1.165, 1.54) is 43.8 Å². The molecule has 0 aliphatic heterocycles. The van der Waals surface area contributed by atoms with Gasteiger partial charge in [0.25, 0.3) is 0 Å². The zero-order valence-electron chi connectivity index (χ0n) is 19.3. The average molecular weight is 439 g/mol. The molecule has 0 bridgehead atoms. The fraction of sp³-hybridized carbons (Fsp3) is 0.0606. The predicted molar refractivity (Wildman–Crippen MR) is 145 cm³/mol. The molecule has 0 saturated carbocycles. The van der Waals surface area contributed by atoms with E-state index in [-0.39, 0.29) is 11.7 Å². The Morgan fingerprint density at radius 2 is 1.00 bits per heavy atom. The number of hydrogen-bond acceptors (Lipinski definition) is 1. The van der Waals surface area contributed by atoms with Crippen LogP contribution in [0, 0.1) is 12.8 Å². The molecule has 164 valence electrons. The third kappa shape index (κ3) is 3.66. The molecule has 0 amide bonds. The second-order valence-corrected chi connectivity index (χ2v) is 8.65. The lowest BCUT2D eigenvalue weighted by Gasteiger charge is -2.18. The van der Waals surface area contributed by atoms with Crippen molar-refractivity contribution < 1.29 is 4.79 Å². The zero-order valence-corrected chi connectivity index (χ0v) is 19.3. The highest BCUT2D eigenvalue weighted by Gasteiger charge is 2.17. The highest BCUT2D eigenvalue weighted by atomic mass is 16.1. The van der Waals surface area contributed by atoms with Crippen molar-refractivity contribution in [3.63, 3.8) is 0 Å². The van der Waals surface area contributed by atoms with Crippen molar-refractivity contribution in [2.24, 2.45) is 5.92 Å². The Bertz CT molecular complexity index is 1470. The maximum atomic E-state index is 12.8. The average Bonchev–Trinajstić information content (AvgIpc) is 2.88. The van der Waals surface area contributed by atoms with Crippen LogP contribution in [0.25, 0.3) is 43.8 Å². The lowest BCUT2D eigenvalue weighted by molar-refractivity contribution is 0.0965. The summed E-state index contributed by atoms with van der Waals surface area (Å²) in [6.07, 6.45) is 3.27. The van der Waals surface area contributed by atoms with Gasteiger partial charge in [-0.25, -0.2) is 0 Å². The number of rotatable bonds is 6. The Labute approximate surface area is 200 Å². The monoisotopic (exact) mass is 438 g/mol. The first-order valence-corrected chi connectivity index (χ1v) is 11.5. The van der Waals surface area contributed by atoms with Crippen LogP contribution in [0.3, 0.4) is 0 Å². The number of allylic oxidation sites excluding steroid dienone is 2. The first-order valence-electron chi connectivity index (χ1n) is 11.5. The van der Waals surface area contributed by atoms with Crippen LogP contribution in [0.4, 0.5) is 0 Å². The third-order valence-corrected chi connectivity index (χ3v) is 6.54. The van der Waals surface area contributed by atoms with Crippen molar-refractivity contribution in [3.8, 4) is 22.3 Å². The Morgan fingerprint density at radius 1 is 0.618 bits per heavy atom. The summed E-state index contributed by atoms with van der Waals surface area (Å²) < 4.78 is 0. The summed E-state index contributed by atoms with van der Waals surface area (Å²) in [5.74, 6) is -0.359. The Hall–Kier alpha value is -4.23. The Morgan fingerprint density at radius 3 is 1.38 bits per heavy atom. The summed E-state index contributed by atoms with van der Waals surface area (Å²) in [4.78, 5) is 12.8. The van der Waals surface area contributed by atoms with Crippen molar-refractivity contribution in [2.75, 3.05) is 0 Å². The minimum absolute atomic E-state index is 0.0148. The van der Waals surface area contributed by atoms with Crippen molar-refractivity contribution in [1.29, 1.82) is 0 Å². The fourth-order valence-corrected chi connectivity index (χ4v) is 4.77. The minimum Gasteiger partial charge on any atom is -0.293 e. The van der Waals surface area contributed by atoms with Gasteiger partial charge in [-0.3, -0.25) is 4.79 Å². The summed E-state index contributed by atoms with van der Waals surface area (Å²) >= 11 is 0. The second kappa shape index (κ2) is 8.96. The summed E-state index contributed by atoms with van der Waals surface area (Å²) in [6.45, 7) is 9.63. The number of benzene rings is 5. The zero-order chi connectivity index (χ0) is 23.7. The van der Waals surface area contributed by atoms with Crippen LogP contribution in [0.2, 0.25) is 0 Å². The number of hydrogen-bond donors (Lipinski definition) is 0. The normalized spacial score (nSPS) is 11.1. The van der Waals surface area contributed by atoms with Crippen molar-refractivity contribution in [1.82, 2.24) is 0 Å². The SMILES string of the molecule is C=CC(C=C)C(=O)c1ccc(-c2c3ccccc3c(-c3ccc(C)cc3)c3ccccc23)cc1. The van der Waals surface area contributed by atoms with Gasteiger partial charge in [-0.15, -0.1) is 13.2 Å². The molecule has 1 nitrogen and oxygen atoms in total. The molecule has 0 aromatic heterocycles. The van der Waals surface area contributed by atoms with E-state index < -0.39 is 0 Å². The van der Waals surface area contributed by atoms with Crippen LogP contribution < -0.4 is 0 Å². The standard InChI is InChI=1S/C33H26O/c1-4-23(5-2)33(34)26-20-18-25(19-21-26)32-29-12-8-6-10-27(29)31(24-16-14-22(3)15-17-24)28-11-7-9-13-30(28)32/h4-21,23H,1-2H2,3H3. The molecule has 5 aromatic carbocycles. The maximum absolute atomic E-state index is 12.8. The van der Waals surface area contributed by atoms with E-state index >= 15 is 0 Å². The molecule has 0 aliphatic rings. The lowest BCUT2D eigenvalue weighted by Crippen LogP contribution is -2.09. The molecule has 0 radical (unpaired) electrons. The highest BCUT2D eigenvalue weighted by molar-refractivity contribution is 6.21. The minimum atomic E-state index is -0.374. The molecule has 0 aliphatic carbocycles. The van der Waals surface area contributed by atoms with Gasteiger partial charge >= 0.3 is 0 Å². The van der Waals surface area contributed by atoms with E-state index in [0.29, 0.717) is 5.56 Å². The van der Waals surface area contributed by atoms with Crippen LogP contribution >= 0.6 is 0 Å². The highest BCUT2D eigenvalue weighted by Crippen LogP contribution is 2.43. The topological polar surface area (TPSA) is 17.1 Å². The summed E-state index contributed by atoms with van der Waals surface area (Å²) in [6, 6.07) is 33.9. The lowest BCUT2D eigenvalue weighted by atomic mass is 9.85. The molecule has 1 heteroatoms. The first kappa shape index (κ1) is 21.6. The van der Waals surface area contributed by atoms with Crippen LogP contribution in [0.15, 0.2) is 122 Å². The van der Waals surface area contributed by atoms with E-state index in [0.717, 1.165) is 5.56 Å². The summed E-state index contributed by atoms with van der Waals surface area (Å²) in [5.41, 5.74) is 6.65. The fourth-order valence-electron chi connectivity index (χ4n) is 4.77. The predicted octanol–water partition coefficient (Wildman–Crippen LogP) is 8.81. The molecule has 0 N–H and O–H groups in total. The number of Topliss-reactive ketones (excluding diaryl/α,β-unsaturated/α-hetero) is 1. The van der Waals surface area contributed by atoms with Crippen molar-refractivity contribution >= 4 is 27.3 Å². The Balaban J connectivity index is 1.77. The van der Waals surface area contributed by atoms with Crippen LogP contribution in [-0.2, 0) is 0 Å². The van der Waals surface area contributed by atoms with E-state index in [1.807, 2.05) is 12.1 Å². The van der Waals surface area contributed by atoms with E-state index in [2.05, 4.69) is 105 Å². The molecule has 34 heavy (non-hydrogen) atoms. The number of carbonyl (C=O) groups is 1. The summed E-state index contributed by atoms with van der Waals surface area (Å²) in [7, 11) is 0. The maximum Gasteiger partial charge on any atom is 0.173 e. The molecule has 0 spiro atoms. The summed E-state index contributed by atoms with van der Waals surface area (Å²) in [5, 5.41) is 4.84. The largest absolute Gasteiger partial charge is 0.293 e. The van der Waals surface area contributed by atoms with E-state index in [9.17, 15) is 4.79 Å². The van der Waals surface area contributed by atoms with Gasteiger partial charge in [-0.1, -0.05) is 115 Å². The number of ketones is 1. The van der Waals surface area contributed by atoms with Gasteiger partial charge in [0.2, 0.25) is 0 Å². The number of aryl methyl sites for hydroxylation is 1. The van der Waals surface area contributed by atoms with Gasteiger partial charge in [0.1, 0.15) is 0 Å². The third-order valence-electron chi connectivity index (χ3n) is 6.54. The Kier molecular flexibility index (Phi) is 5.69. The van der Waals surface area contributed by atoms with Crippen molar-refractivity contribution in [2.45, 2.75) is 6.92 Å². The smallest absolute Gasteiger partial charge is 0.173 e. The van der Waals surface area contributed by atoms with Gasteiger partial charge < -0.3 is 0 Å². The van der Waals surface area contributed by atoms with Crippen LogP contribution in [0.5, 0.6) is 0 Å². The van der Waals surface area contributed by atoms with Crippen LogP contribution in [-0.4, -0.2) is 5.78 Å². The first-order chi connectivity index (χ1) is 16.6. The van der Waals surface area contributed by atoms with Gasteiger partial charge in [0, 0.05) is 5.56 Å². The molecule has 0 heterocycles. The molecular weight excluding hydrogens is 412 g/mol. The quantitative estimate of drug-likeness (QED) is 0.147. The molecule has 0 saturated heterocycles. The van der Waals surface area contributed by atoms with Gasteiger partial charge in [-0.2, -0.15) is 0 Å². The van der Waals surface area contributed by atoms with Crippen LogP contribution in [0.1, 0.15) is 15.9 Å². The van der Waals surface area contributed by atoms with Crippen molar-refractivity contribution in [3.05, 3.63) is 133 Å². The van der Waals surface area contributed by atoms with E-state index in [1.54, 1.807) is 12.2 Å². The molecular formula is C33H26O. The molecule has 5 aromatic rings. The second-order valence-electron chi connectivity index (χ2n) is 8.65.